The van der Waals surface area contributed by atoms with Crippen molar-refractivity contribution in [3.8, 4) is 0 Å². The number of hydrogen-bond acceptors (Lipinski definition) is 3. The van der Waals surface area contributed by atoms with Crippen LogP contribution < -0.4 is 5.32 Å². The second kappa shape index (κ2) is 6.64. The molecule has 2 amide bonds. The zero-order valence-electron chi connectivity index (χ0n) is 11.8. The highest BCUT2D eigenvalue weighted by atomic mass is 35.5. The monoisotopic (exact) mass is 310 g/mol. The molecule has 2 aliphatic heterocycles. The Hall–Kier alpha value is -1.30. The fourth-order valence-electron chi connectivity index (χ4n) is 2.82. The third-order valence-electron chi connectivity index (χ3n) is 3.87. The molecule has 1 unspecified atom stereocenters. The first kappa shape index (κ1) is 14.6. The van der Waals surface area contributed by atoms with Gasteiger partial charge in [-0.05, 0) is 43.5 Å². The molecular formula is C15H19ClN2O3. The van der Waals surface area contributed by atoms with Gasteiger partial charge in [-0.2, -0.15) is 0 Å². The maximum atomic E-state index is 12.5. The Morgan fingerprint density at radius 3 is 2.62 bits per heavy atom. The molecule has 2 heterocycles. The largest absolute Gasteiger partial charge is 0.348 e. The Morgan fingerprint density at radius 1 is 1.19 bits per heavy atom. The highest BCUT2D eigenvalue weighted by molar-refractivity contribution is 6.30. The molecule has 2 fully saturated rings. The van der Waals surface area contributed by atoms with Gasteiger partial charge in [0.2, 0.25) is 0 Å². The number of nitrogens with zero attached hydrogens (tertiary/aromatic N) is 1. The summed E-state index contributed by atoms with van der Waals surface area (Å²) in [5.74, 6) is 0. The molecule has 3 rings (SSSR count). The minimum Gasteiger partial charge on any atom is -0.348 e. The fourth-order valence-corrected chi connectivity index (χ4v) is 2.95. The summed E-state index contributed by atoms with van der Waals surface area (Å²) in [5, 5.41) is 3.56. The standard InChI is InChI=1S/C15H19ClN2O3/c16-11-4-6-12(7-5-11)17-15(19)18-8-2-1-3-13(18)14-20-9-10-21-14/h4-7,13-14H,1-3,8-10H2,(H,17,19). The van der Waals surface area contributed by atoms with Gasteiger partial charge in [0.25, 0.3) is 0 Å². The van der Waals surface area contributed by atoms with Crippen molar-refractivity contribution >= 4 is 23.3 Å². The normalized spacial score (nSPS) is 23.3. The quantitative estimate of drug-likeness (QED) is 0.913. The summed E-state index contributed by atoms with van der Waals surface area (Å²) >= 11 is 5.85. The van der Waals surface area contributed by atoms with Crippen molar-refractivity contribution in [2.75, 3.05) is 25.1 Å². The SMILES string of the molecule is O=C(Nc1ccc(Cl)cc1)N1CCCCC1C1OCCO1. The van der Waals surface area contributed by atoms with E-state index in [1.54, 1.807) is 24.3 Å². The lowest BCUT2D eigenvalue weighted by Gasteiger charge is -2.37. The number of ether oxygens (including phenoxy) is 2. The van der Waals surface area contributed by atoms with Crippen LogP contribution in [0.2, 0.25) is 5.02 Å². The first-order valence-corrected chi connectivity index (χ1v) is 7.68. The Kier molecular flexibility index (Phi) is 4.63. The van der Waals surface area contributed by atoms with E-state index in [0.717, 1.165) is 31.5 Å². The molecular weight excluding hydrogens is 292 g/mol. The van der Waals surface area contributed by atoms with E-state index in [1.165, 1.54) is 0 Å². The third kappa shape index (κ3) is 3.48. The lowest BCUT2D eigenvalue weighted by Crippen LogP contribution is -2.51. The predicted molar refractivity (Wildman–Crippen MR) is 80.5 cm³/mol. The van der Waals surface area contributed by atoms with E-state index in [2.05, 4.69) is 5.32 Å². The van der Waals surface area contributed by atoms with Crippen molar-refractivity contribution in [1.29, 1.82) is 0 Å². The summed E-state index contributed by atoms with van der Waals surface area (Å²) in [5.41, 5.74) is 0.738. The number of anilines is 1. The molecule has 0 radical (unpaired) electrons. The minimum atomic E-state index is -0.290. The average molecular weight is 311 g/mol. The van der Waals surface area contributed by atoms with Crippen molar-refractivity contribution in [3.05, 3.63) is 29.3 Å². The van der Waals surface area contributed by atoms with Crippen LogP contribution in [0.3, 0.4) is 0 Å². The molecule has 1 N–H and O–H groups in total. The molecule has 21 heavy (non-hydrogen) atoms. The van der Waals surface area contributed by atoms with Gasteiger partial charge >= 0.3 is 6.03 Å². The number of carbonyl (C=O) groups is 1. The van der Waals surface area contributed by atoms with Gasteiger partial charge in [-0.3, -0.25) is 0 Å². The van der Waals surface area contributed by atoms with E-state index < -0.39 is 0 Å². The Bertz CT molecular complexity index is 488. The summed E-state index contributed by atoms with van der Waals surface area (Å²) < 4.78 is 11.2. The van der Waals surface area contributed by atoms with E-state index in [4.69, 9.17) is 21.1 Å². The van der Waals surface area contributed by atoms with Gasteiger partial charge in [-0.15, -0.1) is 0 Å². The lowest BCUT2D eigenvalue weighted by molar-refractivity contribution is -0.0973. The number of amides is 2. The molecule has 2 saturated heterocycles. The number of benzene rings is 1. The molecule has 0 saturated carbocycles. The maximum Gasteiger partial charge on any atom is 0.322 e. The van der Waals surface area contributed by atoms with E-state index in [1.807, 2.05) is 4.90 Å². The van der Waals surface area contributed by atoms with Crippen LogP contribution in [0.1, 0.15) is 19.3 Å². The first-order chi connectivity index (χ1) is 10.2. The van der Waals surface area contributed by atoms with E-state index in [0.29, 0.717) is 18.2 Å². The van der Waals surface area contributed by atoms with Crippen LogP contribution in [0.5, 0.6) is 0 Å². The van der Waals surface area contributed by atoms with Crippen LogP contribution in [-0.2, 0) is 9.47 Å². The number of hydrogen-bond donors (Lipinski definition) is 1. The number of piperidine rings is 1. The van der Waals surface area contributed by atoms with Crippen molar-refractivity contribution in [2.45, 2.75) is 31.6 Å². The number of halogens is 1. The fraction of sp³-hybridized carbons (Fsp3) is 0.533. The number of urea groups is 1. The lowest BCUT2D eigenvalue weighted by atomic mass is 10.0. The molecule has 2 aliphatic rings. The van der Waals surface area contributed by atoms with Crippen molar-refractivity contribution < 1.29 is 14.3 Å². The molecule has 6 heteroatoms. The van der Waals surface area contributed by atoms with Gasteiger partial charge in [-0.25, -0.2) is 4.79 Å². The summed E-state index contributed by atoms with van der Waals surface area (Å²) in [7, 11) is 0. The smallest absolute Gasteiger partial charge is 0.322 e. The summed E-state index contributed by atoms with van der Waals surface area (Å²) in [4.78, 5) is 14.3. The Balaban J connectivity index is 1.67. The van der Waals surface area contributed by atoms with Crippen LogP contribution >= 0.6 is 11.6 Å². The molecule has 114 valence electrons. The van der Waals surface area contributed by atoms with Gasteiger partial charge in [0.05, 0.1) is 19.3 Å². The molecule has 0 aromatic heterocycles. The average Bonchev–Trinajstić information content (AvgIpc) is 3.04. The van der Waals surface area contributed by atoms with Gasteiger partial charge in [0.1, 0.15) is 0 Å². The van der Waals surface area contributed by atoms with Crippen LogP contribution in [-0.4, -0.2) is 43.0 Å². The number of rotatable bonds is 2. The van der Waals surface area contributed by atoms with E-state index >= 15 is 0 Å². The number of carbonyl (C=O) groups excluding carboxylic acids is 1. The van der Waals surface area contributed by atoms with Crippen molar-refractivity contribution in [1.82, 2.24) is 4.90 Å². The molecule has 0 spiro atoms. The van der Waals surface area contributed by atoms with Gasteiger partial charge in [0, 0.05) is 17.3 Å². The highest BCUT2D eigenvalue weighted by Crippen LogP contribution is 2.25. The number of nitrogens with one attached hydrogen (secondary N) is 1. The van der Waals surface area contributed by atoms with Gasteiger partial charge < -0.3 is 19.7 Å². The second-order valence-electron chi connectivity index (χ2n) is 5.30. The second-order valence-corrected chi connectivity index (χ2v) is 5.74. The molecule has 1 atom stereocenters. The first-order valence-electron chi connectivity index (χ1n) is 7.30. The van der Waals surface area contributed by atoms with E-state index in [-0.39, 0.29) is 18.4 Å². The topological polar surface area (TPSA) is 50.8 Å². The maximum absolute atomic E-state index is 12.5. The van der Waals surface area contributed by atoms with Crippen LogP contribution in [0, 0.1) is 0 Å². The van der Waals surface area contributed by atoms with Crippen LogP contribution in [0.15, 0.2) is 24.3 Å². The Labute approximate surface area is 129 Å². The minimum absolute atomic E-state index is 0.00597. The van der Waals surface area contributed by atoms with Gasteiger partial charge in [0.15, 0.2) is 6.29 Å². The zero-order chi connectivity index (χ0) is 14.7. The summed E-state index contributed by atoms with van der Waals surface area (Å²) in [6.07, 6.45) is 2.73. The molecule has 5 nitrogen and oxygen atoms in total. The molecule has 1 aromatic rings. The summed E-state index contributed by atoms with van der Waals surface area (Å²) in [6.45, 7) is 1.94. The highest BCUT2D eigenvalue weighted by Gasteiger charge is 2.36. The van der Waals surface area contributed by atoms with Crippen LogP contribution in [0.4, 0.5) is 10.5 Å². The number of likely N-dealkylation sites (tertiary alicyclic amines) is 1. The van der Waals surface area contributed by atoms with E-state index in [9.17, 15) is 4.79 Å². The summed E-state index contributed by atoms with van der Waals surface area (Å²) in [6, 6.07) is 6.99. The molecule has 0 bridgehead atoms. The van der Waals surface area contributed by atoms with Crippen LogP contribution in [0.25, 0.3) is 0 Å². The Morgan fingerprint density at radius 2 is 1.90 bits per heavy atom. The predicted octanol–water partition coefficient (Wildman–Crippen LogP) is 3.10. The van der Waals surface area contributed by atoms with Gasteiger partial charge in [-0.1, -0.05) is 11.6 Å². The molecule has 0 aliphatic carbocycles. The zero-order valence-corrected chi connectivity index (χ0v) is 12.5. The molecule has 1 aromatic carbocycles. The van der Waals surface area contributed by atoms with Crippen molar-refractivity contribution in [2.24, 2.45) is 0 Å². The van der Waals surface area contributed by atoms with Crippen molar-refractivity contribution in [3.63, 3.8) is 0 Å². The third-order valence-corrected chi connectivity index (χ3v) is 4.12.